The van der Waals surface area contributed by atoms with Crippen LogP contribution in [0.1, 0.15) is 20.8 Å². The lowest BCUT2D eigenvalue weighted by Crippen LogP contribution is -2.12. The van der Waals surface area contributed by atoms with Crippen LogP contribution in [0.5, 0.6) is 5.75 Å². The molecular weight excluding hydrogens is 328 g/mol. The molecule has 1 amide bonds. The molecule has 6 nitrogen and oxygen atoms in total. The average Bonchev–Trinajstić information content (AvgIpc) is 2.42. The molecule has 1 aromatic heterocycles. The minimum absolute atomic E-state index is 0.0444. The largest absolute Gasteiger partial charge is 0.507 e. The second-order valence-electron chi connectivity index (χ2n) is 3.86. The Labute approximate surface area is 122 Å². The molecule has 0 aliphatic rings. The summed E-state index contributed by atoms with van der Waals surface area (Å²) in [6.45, 7) is 0. The number of rotatable bonds is 3. The molecule has 3 N–H and O–H groups in total. The number of phenolic OH excluding ortho intramolecular Hbond substituents is 1. The van der Waals surface area contributed by atoms with Crippen LogP contribution in [0.25, 0.3) is 0 Å². The third-order valence-electron chi connectivity index (χ3n) is 2.45. The molecule has 0 unspecified atom stereocenters. The Balaban J connectivity index is 2.14. The van der Waals surface area contributed by atoms with E-state index in [1.54, 1.807) is 6.07 Å². The van der Waals surface area contributed by atoms with Crippen molar-refractivity contribution in [2.75, 3.05) is 5.32 Å². The van der Waals surface area contributed by atoms with Gasteiger partial charge in [-0.25, -0.2) is 9.78 Å². The Kier molecular flexibility index (Phi) is 3.99. The molecule has 0 aliphatic carbocycles. The predicted octanol–water partition coefficient (Wildman–Crippen LogP) is 2.50. The number of nitrogens with zero attached hydrogens (tertiary/aromatic N) is 1. The lowest BCUT2D eigenvalue weighted by Gasteiger charge is -2.06. The highest BCUT2D eigenvalue weighted by atomic mass is 79.9. The maximum atomic E-state index is 11.9. The van der Waals surface area contributed by atoms with Crippen molar-refractivity contribution in [3.63, 3.8) is 0 Å². The molecule has 20 heavy (non-hydrogen) atoms. The number of anilines is 1. The van der Waals surface area contributed by atoms with E-state index < -0.39 is 11.9 Å². The van der Waals surface area contributed by atoms with Gasteiger partial charge in [0, 0.05) is 5.56 Å². The predicted molar refractivity (Wildman–Crippen MR) is 75.0 cm³/mol. The van der Waals surface area contributed by atoms with Crippen LogP contribution in [0.15, 0.2) is 41.0 Å². The van der Waals surface area contributed by atoms with Crippen molar-refractivity contribution in [1.82, 2.24) is 4.98 Å². The summed E-state index contributed by atoms with van der Waals surface area (Å²) >= 11 is 3.12. The van der Waals surface area contributed by atoms with Gasteiger partial charge < -0.3 is 15.5 Å². The number of phenols is 1. The van der Waals surface area contributed by atoms with Gasteiger partial charge in [-0.15, -0.1) is 0 Å². The normalized spacial score (nSPS) is 10.1. The number of hydrogen-bond acceptors (Lipinski definition) is 4. The van der Waals surface area contributed by atoms with Crippen molar-refractivity contribution in [2.24, 2.45) is 0 Å². The number of carbonyl (C=O) groups excluding carboxylic acids is 1. The number of amides is 1. The number of halogens is 1. The number of carbonyl (C=O) groups is 2. The molecule has 7 heteroatoms. The third kappa shape index (κ3) is 3.12. The van der Waals surface area contributed by atoms with Crippen LogP contribution in [0, 0.1) is 0 Å². The van der Waals surface area contributed by atoms with E-state index in [9.17, 15) is 14.7 Å². The first-order valence-electron chi connectivity index (χ1n) is 5.46. The standard InChI is InChI=1S/C13H9BrN2O4/c14-9-3-1-7(5-11(9)17)12(18)16-8-2-4-10(13(19)20)15-6-8/h1-6,17H,(H,16,18)(H,19,20). The smallest absolute Gasteiger partial charge is 0.354 e. The van der Waals surface area contributed by atoms with Crippen LogP contribution >= 0.6 is 15.9 Å². The number of pyridine rings is 1. The van der Waals surface area contributed by atoms with Crippen LogP contribution < -0.4 is 5.32 Å². The first kappa shape index (κ1) is 14.0. The lowest BCUT2D eigenvalue weighted by molar-refractivity contribution is 0.0690. The van der Waals surface area contributed by atoms with Gasteiger partial charge in [0.15, 0.2) is 0 Å². The maximum Gasteiger partial charge on any atom is 0.354 e. The molecule has 2 aromatic rings. The topological polar surface area (TPSA) is 99.5 Å². The lowest BCUT2D eigenvalue weighted by atomic mass is 10.2. The van der Waals surface area contributed by atoms with Crippen LogP contribution in [0.3, 0.4) is 0 Å². The fourth-order valence-electron chi connectivity index (χ4n) is 1.45. The monoisotopic (exact) mass is 336 g/mol. The van der Waals surface area contributed by atoms with E-state index in [1.165, 1.54) is 30.5 Å². The number of aromatic nitrogens is 1. The molecule has 0 saturated carbocycles. The number of carboxylic acid groups (broad SMARTS) is 1. The summed E-state index contributed by atoms with van der Waals surface area (Å²) in [5.41, 5.74) is 0.528. The zero-order valence-corrected chi connectivity index (χ0v) is 11.6. The van der Waals surface area contributed by atoms with Crippen molar-refractivity contribution in [3.05, 3.63) is 52.3 Å². The summed E-state index contributed by atoms with van der Waals surface area (Å²) in [4.78, 5) is 26.2. The molecule has 1 heterocycles. The van der Waals surface area contributed by atoms with Crippen molar-refractivity contribution in [2.45, 2.75) is 0 Å². The van der Waals surface area contributed by atoms with Crippen molar-refractivity contribution in [3.8, 4) is 5.75 Å². The fraction of sp³-hybridized carbons (Fsp3) is 0. The van der Waals surface area contributed by atoms with Gasteiger partial charge in [-0.05, 0) is 46.3 Å². The number of nitrogens with one attached hydrogen (secondary N) is 1. The molecule has 0 bridgehead atoms. The van der Waals surface area contributed by atoms with Crippen molar-refractivity contribution < 1.29 is 19.8 Å². The second kappa shape index (κ2) is 5.70. The fourth-order valence-corrected chi connectivity index (χ4v) is 1.70. The quantitative estimate of drug-likeness (QED) is 0.799. The summed E-state index contributed by atoms with van der Waals surface area (Å²) < 4.78 is 0.488. The van der Waals surface area contributed by atoms with E-state index in [-0.39, 0.29) is 17.0 Å². The van der Waals surface area contributed by atoms with E-state index in [0.29, 0.717) is 10.2 Å². The van der Waals surface area contributed by atoms with Crippen molar-refractivity contribution >= 4 is 33.5 Å². The minimum Gasteiger partial charge on any atom is -0.507 e. The van der Waals surface area contributed by atoms with Crippen molar-refractivity contribution in [1.29, 1.82) is 0 Å². The SMILES string of the molecule is O=C(Nc1ccc(C(=O)O)nc1)c1ccc(Br)c(O)c1. The number of carboxylic acids is 1. The van der Waals surface area contributed by atoms with E-state index >= 15 is 0 Å². The molecule has 0 radical (unpaired) electrons. The summed E-state index contributed by atoms with van der Waals surface area (Å²) in [6, 6.07) is 7.14. The van der Waals surface area contributed by atoms with Crippen LogP contribution in [-0.4, -0.2) is 27.1 Å². The summed E-state index contributed by atoms with van der Waals surface area (Å²) in [6.07, 6.45) is 1.25. The van der Waals surface area contributed by atoms with Gasteiger partial charge in [0.1, 0.15) is 11.4 Å². The summed E-state index contributed by atoms with van der Waals surface area (Å²) in [5.74, 6) is -1.62. The van der Waals surface area contributed by atoms with Gasteiger partial charge in [-0.2, -0.15) is 0 Å². The van der Waals surface area contributed by atoms with E-state index in [1.807, 2.05) is 0 Å². The average molecular weight is 337 g/mol. The highest BCUT2D eigenvalue weighted by Gasteiger charge is 2.10. The van der Waals surface area contributed by atoms with Gasteiger partial charge in [0.25, 0.3) is 5.91 Å². The Hall–Kier alpha value is -2.41. The number of hydrogen-bond donors (Lipinski definition) is 3. The van der Waals surface area contributed by atoms with Crippen LogP contribution in [0.4, 0.5) is 5.69 Å². The molecule has 2 rings (SSSR count). The number of aromatic carboxylic acids is 1. The molecule has 0 fully saturated rings. The van der Waals surface area contributed by atoms with Crippen LogP contribution in [0.2, 0.25) is 0 Å². The molecule has 0 saturated heterocycles. The van der Waals surface area contributed by atoms with Crippen LogP contribution in [-0.2, 0) is 0 Å². The van der Waals surface area contributed by atoms with Gasteiger partial charge in [0.05, 0.1) is 16.4 Å². The number of aromatic hydroxyl groups is 1. The molecule has 0 atom stereocenters. The molecule has 1 aromatic carbocycles. The molecule has 0 spiro atoms. The summed E-state index contributed by atoms with van der Waals surface area (Å²) in [5, 5.41) is 20.8. The molecular formula is C13H9BrN2O4. The molecule has 0 aliphatic heterocycles. The Morgan fingerprint density at radius 2 is 1.95 bits per heavy atom. The molecule has 102 valence electrons. The minimum atomic E-state index is -1.14. The third-order valence-corrected chi connectivity index (χ3v) is 3.12. The highest BCUT2D eigenvalue weighted by molar-refractivity contribution is 9.10. The van der Waals surface area contributed by atoms with Gasteiger partial charge >= 0.3 is 5.97 Å². The Bertz CT molecular complexity index is 671. The van der Waals surface area contributed by atoms with Gasteiger partial charge in [-0.1, -0.05) is 0 Å². The van der Waals surface area contributed by atoms with E-state index in [4.69, 9.17) is 5.11 Å². The zero-order valence-electron chi connectivity index (χ0n) is 10.0. The maximum absolute atomic E-state index is 11.9. The van der Waals surface area contributed by atoms with E-state index in [2.05, 4.69) is 26.2 Å². The zero-order chi connectivity index (χ0) is 14.7. The van der Waals surface area contributed by atoms with E-state index in [0.717, 1.165) is 0 Å². The first-order chi connectivity index (χ1) is 9.47. The summed E-state index contributed by atoms with van der Waals surface area (Å²) in [7, 11) is 0. The highest BCUT2D eigenvalue weighted by Crippen LogP contribution is 2.24. The van der Waals surface area contributed by atoms with Gasteiger partial charge in [0.2, 0.25) is 0 Å². The first-order valence-corrected chi connectivity index (χ1v) is 6.26. The Morgan fingerprint density at radius 3 is 2.50 bits per heavy atom. The second-order valence-corrected chi connectivity index (χ2v) is 4.71. The Morgan fingerprint density at radius 1 is 1.20 bits per heavy atom. The van der Waals surface area contributed by atoms with Gasteiger partial charge in [-0.3, -0.25) is 4.79 Å². The number of benzene rings is 1.